The van der Waals surface area contributed by atoms with E-state index in [1.807, 2.05) is 7.05 Å². The van der Waals surface area contributed by atoms with Crippen molar-refractivity contribution in [3.8, 4) is 0 Å². The summed E-state index contributed by atoms with van der Waals surface area (Å²) >= 11 is 0. The number of aryl methyl sites for hydroxylation is 1. The van der Waals surface area contributed by atoms with Crippen LogP contribution in [0.15, 0.2) is 0 Å². The van der Waals surface area contributed by atoms with Crippen LogP contribution in [0.5, 0.6) is 0 Å². The third-order valence-electron chi connectivity index (χ3n) is 5.68. The molecule has 3 aliphatic rings. The van der Waals surface area contributed by atoms with Gasteiger partial charge in [-0.15, -0.1) is 12.4 Å². The summed E-state index contributed by atoms with van der Waals surface area (Å²) in [7, 11) is 1.87. The van der Waals surface area contributed by atoms with E-state index < -0.39 is 0 Å². The minimum Gasteiger partial charge on any atom is -0.317 e. The first kappa shape index (κ1) is 16.7. The SMILES string of the molecule is Cl.Cn1nc(C2CCNCC2)nc1NC(=O)C1C2CCCCC21. The summed E-state index contributed by atoms with van der Waals surface area (Å²) in [5.74, 6) is 3.55. The molecule has 2 saturated carbocycles. The van der Waals surface area contributed by atoms with E-state index in [2.05, 4.69) is 20.7 Å². The number of carbonyl (C=O) groups excluding carboxylic acids is 1. The van der Waals surface area contributed by atoms with Gasteiger partial charge in [0.15, 0.2) is 5.82 Å². The second kappa shape index (κ2) is 6.77. The average molecular weight is 340 g/mol. The number of anilines is 1. The summed E-state index contributed by atoms with van der Waals surface area (Å²) in [6.07, 6.45) is 7.17. The van der Waals surface area contributed by atoms with Crippen molar-refractivity contribution in [1.29, 1.82) is 0 Å². The van der Waals surface area contributed by atoms with Gasteiger partial charge in [0.05, 0.1) is 0 Å². The Balaban J connectivity index is 0.00000156. The van der Waals surface area contributed by atoms with Crippen LogP contribution in [0, 0.1) is 17.8 Å². The largest absolute Gasteiger partial charge is 0.317 e. The number of hydrogen-bond donors (Lipinski definition) is 2. The van der Waals surface area contributed by atoms with Gasteiger partial charge in [0, 0.05) is 18.9 Å². The van der Waals surface area contributed by atoms with E-state index >= 15 is 0 Å². The molecule has 1 saturated heterocycles. The Labute approximate surface area is 143 Å². The van der Waals surface area contributed by atoms with Crippen LogP contribution in [-0.4, -0.2) is 33.8 Å². The molecular formula is C16H26ClN5O. The van der Waals surface area contributed by atoms with Crippen molar-refractivity contribution < 1.29 is 4.79 Å². The molecule has 2 unspecified atom stereocenters. The van der Waals surface area contributed by atoms with Crippen molar-refractivity contribution in [1.82, 2.24) is 20.1 Å². The van der Waals surface area contributed by atoms with Crippen molar-refractivity contribution in [3.05, 3.63) is 5.82 Å². The normalized spacial score (nSPS) is 30.2. The van der Waals surface area contributed by atoms with E-state index in [4.69, 9.17) is 0 Å². The van der Waals surface area contributed by atoms with E-state index in [9.17, 15) is 4.79 Å². The Hall–Kier alpha value is -1.14. The molecular weight excluding hydrogens is 314 g/mol. The van der Waals surface area contributed by atoms with Crippen molar-refractivity contribution in [3.63, 3.8) is 0 Å². The van der Waals surface area contributed by atoms with Gasteiger partial charge in [0.25, 0.3) is 0 Å². The summed E-state index contributed by atoms with van der Waals surface area (Å²) in [5.41, 5.74) is 0. The van der Waals surface area contributed by atoms with Crippen molar-refractivity contribution in [2.75, 3.05) is 18.4 Å². The fourth-order valence-corrected chi connectivity index (χ4v) is 4.34. The maximum Gasteiger partial charge on any atom is 0.230 e. The van der Waals surface area contributed by atoms with Crippen LogP contribution in [0.25, 0.3) is 0 Å². The highest BCUT2D eigenvalue weighted by atomic mass is 35.5. The van der Waals surface area contributed by atoms with E-state index in [1.54, 1.807) is 4.68 Å². The molecule has 0 bridgehead atoms. The maximum atomic E-state index is 12.5. The van der Waals surface area contributed by atoms with Crippen molar-refractivity contribution in [2.45, 2.75) is 44.4 Å². The zero-order chi connectivity index (χ0) is 15.1. The van der Waals surface area contributed by atoms with Crippen molar-refractivity contribution in [2.24, 2.45) is 24.8 Å². The molecule has 2 N–H and O–H groups in total. The van der Waals surface area contributed by atoms with Gasteiger partial charge in [-0.05, 0) is 50.6 Å². The number of aromatic nitrogens is 3. The van der Waals surface area contributed by atoms with Crippen LogP contribution in [0.3, 0.4) is 0 Å². The molecule has 0 radical (unpaired) electrons. The number of halogens is 1. The molecule has 4 rings (SSSR count). The highest BCUT2D eigenvalue weighted by molar-refractivity contribution is 5.93. The van der Waals surface area contributed by atoms with Gasteiger partial charge in [0.1, 0.15) is 0 Å². The van der Waals surface area contributed by atoms with Crippen LogP contribution in [-0.2, 0) is 11.8 Å². The lowest BCUT2D eigenvalue weighted by Gasteiger charge is -2.19. The number of amides is 1. The average Bonchev–Trinajstić information content (AvgIpc) is 3.18. The second-order valence-electron chi connectivity index (χ2n) is 7.07. The minimum absolute atomic E-state index is 0. The molecule has 3 fully saturated rings. The number of nitrogens with zero attached hydrogens (tertiary/aromatic N) is 3. The lowest BCUT2D eigenvalue weighted by Crippen LogP contribution is -2.27. The number of piperidine rings is 1. The highest BCUT2D eigenvalue weighted by Crippen LogP contribution is 2.55. The monoisotopic (exact) mass is 339 g/mol. The molecule has 1 aromatic heterocycles. The Morgan fingerprint density at radius 3 is 2.48 bits per heavy atom. The molecule has 2 heterocycles. The molecule has 128 valence electrons. The predicted octanol–water partition coefficient (Wildman–Crippen LogP) is 2.08. The number of carbonyl (C=O) groups is 1. The third kappa shape index (κ3) is 3.24. The molecule has 7 heteroatoms. The quantitative estimate of drug-likeness (QED) is 0.884. The lowest BCUT2D eigenvalue weighted by molar-refractivity contribution is -0.117. The van der Waals surface area contributed by atoms with E-state index in [0.29, 0.717) is 23.7 Å². The first-order valence-corrected chi connectivity index (χ1v) is 8.66. The van der Waals surface area contributed by atoms with Crippen LogP contribution in [0.4, 0.5) is 5.95 Å². The van der Waals surface area contributed by atoms with Gasteiger partial charge in [-0.25, -0.2) is 4.68 Å². The van der Waals surface area contributed by atoms with Gasteiger partial charge >= 0.3 is 0 Å². The zero-order valence-corrected chi connectivity index (χ0v) is 14.4. The summed E-state index contributed by atoms with van der Waals surface area (Å²) in [4.78, 5) is 17.1. The van der Waals surface area contributed by atoms with Gasteiger partial charge < -0.3 is 5.32 Å². The standard InChI is InChI=1S/C16H25N5O.ClH/c1-21-16(18-14(20-21)10-6-8-17-9-7-10)19-15(22)13-11-4-2-3-5-12(11)13;/h10-13,17H,2-9H2,1H3,(H,18,19,20,22);1H. The molecule has 2 aliphatic carbocycles. The van der Waals surface area contributed by atoms with Crippen LogP contribution < -0.4 is 10.6 Å². The first-order valence-electron chi connectivity index (χ1n) is 8.66. The zero-order valence-electron chi connectivity index (χ0n) is 13.6. The van der Waals surface area contributed by atoms with Gasteiger partial charge in [0.2, 0.25) is 11.9 Å². The van der Waals surface area contributed by atoms with E-state index in [1.165, 1.54) is 25.7 Å². The Morgan fingerprint density at radius 1 is 1.17 bits per heavy atom. The predicted molar refractivity (Wildman–Crippen MR) is 90.7 cm³/mol. The van der Waals surface area contributed by atoms with Crippen molar-refractivity contribution >= 4 is 24.3 Å². The fourth-order valence-electron chi connectivity index (χ4n) is 4.34. The van der Waals surface area contributed by atoms with E-state index in [0.717, 1.165) is 31.8 Å². The third-order valence-corrected chi connectivity index (χ3v) is 5.68. The number of fused-ring (bicyclic) bond motifs is 1. The molecule has 0 spiro atoms. The highest BCUT2D eigenvalue weighted by Gasteiger charge is 2.54. The van der Waals surface area contributed by atoms with Crippen LogP contribution in [0.2, 0.25) is 0 Å². The topological polar surface area (TPSA) is 71.8 Å². The summed E-state index contributed by atoms with van der Waals surface area (Å²) in [6.45, 7) is 2.05. The number of nitrogens with one attached hydrogen (secondary N) is 2. The van der Waals surface area contributed by atoms with Gasteiger partial charge in [-0.3, -0.25) is 10.1 Å². The molecule has 2 atom stereocenters. The summed E-state index contributed by atoms with van der Waals surface area (Å²) in [5, 5.41) is 10.9. The Bertz CT molecular complexity index is 557. The maximum absolute atomic E-state index is 12.5. The number of rotatable bonds is 3. The minimum atomic E-state index is 0. The smallest absolute Gasteiger partial charge is 0.230 e. The molecule has 1 amide bonds. The van der Waals surface area contributed by atoms with E-state index in [-0.39, 0.29) is 24.2 Å². The lowest BCUT2D eigenvalue weighted by atomic mass is 9.98. The second-order valence-corrected chi connectivity index (χ2v) is 7.07. The van der Waals surface area contributed by atoms with Crippen LogP contribution in [0.1, 0.15) is 50.3 Å². The van der Waals surface area contributed by atoms with Crippen LogP contribution >= 0.6 is 12.4 Å². The summed E-state index contributed by atoms with van der Waals surface area (Å²) in [6, 6.07) is 0. The Morgan fingerprint density at radius 2 is 1.83 bits per heavy atom. The Kier molecular flexibility index (Phi) is 4.92. The summed E-state index contributed by atoms with van der Waals surface area (Å²) < 4.78 is 1.72. The van der Waals surface area contributed by atoms with Gasteiger partial charge in [-0.1, -0.05) is 12.8 Å². The molecule has 0 aromatic carbocycles. The fraction of sp³-hybridized carbons (Fsp3) is 0.812. The molecule has 1 aliphatic heterocycles. The van der Waals surface area contributed by atoms with Gasteiger partial charge in [-0.2, -0.15) is 10.1 Å². The molecule has 23 heavy (non-hydrogen) atoms. The number of hydrogen-bond acceptors (Lipinski definition) is 4. The molecule has 6 nitrogen and oxygen atoms in total. The first-order chi connectivity index (χ1) is 10.7. The molecule has 1 aromatic rings.